The predicted octanol–water partition coefficient (Wildman–Crippen LogP) is 4.19. The Balaban J connectivity index is 1.55. The first-order valence-corrected chi connectivity index (χ1v) is 10.2. The summed E-state index contributed by atoms with van der Waals surface area (Å²) < 4.78 is 42.3. The molecule has 28 heavy (non-hydrogen) atoms. The Morgan fingerprint density at radius 1 is 1.25 bits per heavy atom. The van der Waals surface area contributed by atoms with Crippen molar-refractivity contribution in [1.82, 2.24) is 14.7 Å². The Morgan fingerprint density at radius 2 is 1.93 bits per heavy atom. The van der Waals surface area contributed by atoms with Gasteiger partial charge >= 0.3 is 6.18 Å². The van der Waals surface area contributed by atoms with Crippen LogP contribution in [0.3, 0.4) is 0 Å². The van der Waals surface area contributed by atoms with E-state index < -0.39 is 12.2 Å². The summed E-state index contributed by atoms with van der Waals surface area (Å²) in [5.74, 6) is 1.22. The van der Waals surface area contributed by atoms with Gasteiger partial charge < -0.3 is 10.2 Å². The fourth-order valence-electron chi connectivity index (χ4n) is 4.46. The molecule has 156 valence electrons. The van der Waals surface area contributed by atoms with Gasteiger partial charge in [-0.3, -0.25) is 4.79 Å². The van der Waals surface area contributed by atoms with Gasteiger partial charge in [0, 0.05) is 37.0 Å². The lowest BCUT2D eigenvalue weighted by Gasteiger charge is -2.39. The van der Waals surface area contributed by atoms with Crippen LogP contribution >= 0.6 is 0 Å². The van der Waals surface area contributed by atoms with E-state index in [-0.39, 0.29) is 35.6 Å². The van der Waals surface area contributed by atoms with Gasteiger partial charge in [-0.1, -0.05) is 27.7 Å². The standard InChI is InChI=1S/C20H29F3N4O/c1-11-7-13(11)18(28)26-6-5-12(10-26)14-8-17-24-15(19(2,3)4)9-16(20(21,22)23)27(17)25-14/h8,11-13,15-16,24H,5-7,9-10H2,1-4H3/t11-,12+,13-,15-,16+/m1/s1. The van der Waals surface area contributed by atoms with Gasteiger partial charge in [-0.15, -0.1) is 0 Å². The van der Waals surface area contributed by atoms with Crippen molar-refractivity contribution in [2.24, 2.45) is 17.3 Å². The Hall–Kier alpha value is -1.73. The second kappa shape index (κ2) is 6.39. The largest absolute Gasteiger partial charge is 0.410 e. The summed E-state index contributed by atoms with van der Waals surface area (Å²) in [5, 5.41) is 7.63. The lowest BCUT2D eigenvalue weighted by atomic mass is 9.82. The van der Waals surface area contributed by atoms with Crippen molar-refractivity contribution in [3.05, 3.63) is 11.8 Å². The van der Waals surface area contributed by atoms with Crippen molar-refractivity contribution in [2.45, 2.75) is 71.1 Å². The quantitative estimate of drug-likeness (QED) is 0.813. The van der Waals surface area contributed by atoms with Crippen molar-refractivity contribution in [3.63, 3.8) is 0 Å². The zero-order valence-corrected chi connectivity index (χ0v) is 16.9. The molecule has 8 heteroatoms. The van der Waals surface area contributed by atoms with E-state index in [2.05, 4.69) is 17.3 Å². The highest BCUT2D eigenvalue weighted by Crippen LogP contribution is 2.45. The molecule has 5 nitrogen and oxygen atoms in total. The maximum Gasteiger partial charge on any atom is 0.410 e. The Kier molecular flexibility index (Phi) is 4.47. The molecule has 0 aromatic carbocycles. The molecule has 1 saturated heterocycles. The maximum atomic E-state index is 13.7. The number of amides is 1. The van der Waals surface area contributed by atoms with E-state index in [1.807, 2.05) is 25.7 Å². The van der Waals surface area contributed by atoms with Gasteiger partial charge in [-0.05, 0) is 30.6 Å². The monoisotopic (exact) mass is 398 g/mol. The minimum absolute atomic E-state index is 0.000114. The fraction of sp³-hybridized carbons (Fsp3) is 0.800. The third kappa shape index (κ3) is 3.50. The highest BCUT2D eigenvalue weighted by atomic mass is 19.4. The maximum absolute atomic E-state index is 13.7. The van der Waals surface area contributed by atoms with Crippen LogP contribution < -0.4 is 5.32 Å². The Bertz CT molecular complexity index is 766. The van der Waals surface area contributed by atoms with Crippen LogP contribution in [0, 0.1) is 17.3 Å². The average Bonchev–Trinajstić information content (AvgIpc) is 3.01. The van der Waals surface area contributed by atoms with Crippen molar-refractivity contribution >= 4 is 11.7 Å². The van der Waals surface area contributed by atoms with Gasteiger partial charge in [-0.2, -0.15) is 18.3 Å². The van der Waals surface area contributed by atoms with E-state index in [0.717, 1.165) is 17.5 Å². The molecule has 0 radical (unpaired) electrons. The number of alkyl halides is 3. The molecule has 5 atom stereocenters. The SMILES string of the molecule is C[C@@H]1C[C@H]1C(=O)N1CC[C@H](c2cc3n(n2)[C@H](C(F)(F)F)C[C@H](C(C)(C)C)N3)C1. The molecule has 0 spiro atoms. The molecule has 0 bridgehead atoms. The number of nitrogens with one attached hydrogen (secondary N) is 1. The minimum Gasteiger partial charge on any atom is -0.367 e. The van der Waals surface area contributed by atoms with E-state index >= 15 is 0 Å². The second-order valence-corrected chi connectivity index (χ2v) is 9.84. The molecule has 3 heterocycles. The first kappa shape index (κ1) is 19.6. The predicted molar refractivity (Wildman–Crippen MR) is 100 cm³/mol. The number of rotatable bonds is 2. The van der Waals surface area contributed by atoms with Crippen LogP contribution in [-0.4, -0.2) is 45.9 Å². The molecule has 1 aromatic heterocycles. The smallest absolute Gasteiger partial charge is 0.367 e. The van der Waals surface area contributed by atoms with Crippen LogP contribution in [-0.2, 0) is 4.79 Å². The highest BCUT2D eigenvalue weighted by molar-refractivity contribution is 5.82. The molecule has 2 aliphatic heterocycles. The molecular weight excluding hydrogens is 369 g/mol. The van der Waals surface area contributed by atoms with Crippen molar-refractivity contribution < 1.29 is 18.0 Å². The molecule has 1 N–H and O–H groups in total. The van der Waals surface area contributed by atoms with Gasteiger partial charge in [0.2, 0.25) is 5.91 Å². The van der Waals surface area contributed by atoms with E-state index in [0.29, 0.717) is 30.5 Å². The highest BCUT2D eigenvalue weighted by Gasteiger charge is 2.49. The molecule has 3 aliphatic rings. The first-order chi connectivity index (χ1) is 12.9. The number of nitrogens with zero attached hydrogens (tertiary/aromatic N) is 3. The number of hydrogen-bond donors (Lipinski definition) is 1. The number of hydrogen-bond acceptors (Lipinski definition) is 3. The van der Waals surface area contributed by atoms with E-state index in [9.17, 15) is 18.0 Å². The Labute approximate surface area is 163 Å². The lowest BCUT2D eigenvalue weighted by Crippen LogP contribution is -2.44. The topological polar surface area (TPSA) is 50.2 Å². The number of anilines is 1. The Morgan fingerprint density at radius 3 is 2.50 bits per heavy atom. The second-order valence-electron chi connectivity index (χ2n) is 9.84. The lowest BCUT2D eigenvalue weighted by molar-refractivity contribution is -0.175. The van der Waals surface area contributed by atoms with Crippen LogP contribution in [0.1, 0.15) is 64.6 Å². The molecule has 2 fully saturated rings. The van der Waals surface area contributed by atoms with Crippen LogP contribution in [0.15, 0.2) is 6.07 Å². The van der Waals surface area contributed by atoms with E-state index in [4.69, 9.17) is 0 Å². The first-order valence-electron chi connectivity index (χ1n) is 10.2. The summed E-state index contributed by atoms with van der Waals surface area (Å²) in [6, 6.07) is -0.142. The van der Waals surface area contributed by atoms with Gasteiger partial charge in [0.15, 0.2) is 6.04 Å². The minimum atomic E-state index is -4.34. The summed E-state index contributed by atoms with van der Waals surface area (Å²) in [6.07, 6.45) is -2.67. The molecular formula is C20H29F3N4O. The van der Waals surface area contributed by atoms with Crippen molar-refractivity contribution in [3.8, 4) is 0 Å². The molecule has 4 rings (SSSR count). The number of aromatic nitrogens is 2. The third-order valence-corrected chi connectivity index (χ3v) is 6.60. The molecule has 1 aliphatic carbocycles. The number of likely N-dealkylation sites (tertiary alicyclic amines) is 1. The summed E-state index contributed by atoms with van der Waals surface area (Å²) in [5.41, 5.74) is 0.363. The zero-order chi connectivity index (χ0) is 20.4. The van der Waals surface area contributed by atoms with Crippen molar-refractivity contribution in [1.29, 1.82) is 0 Å². The number of carbonyl (C=O) groups is 1. The van der Waals surface area contributed by atoms with Crippen LogP contribution in [0.25, 0.3) is 0 Å². The third-order valence-electron chi connectivity index (χ3n) is 6.60. The van der Waals surface area contributed by atoms with Gasteiger partial charge in [-0.25, -0.2) is 4.68 Å². The summed E-state index contributed by atoms with van der Waals surface area (Å²) in [6.45, 7) is 9.14. The normalized spacial score (nSPS) is 32.8. The summed E-state index contributed by atoms with van der Waals surface area (Å²) in [7, 11) is 0. The van der Waals surface area contributed by atoms with Gasteiger partial charge in [0.25, 0.3) is 0 Å². The van der Waals surface area contributed by atoms with E-state index in [1.165, 1.54) is 0 Å². The fourth-order valence-corrected chi connectivity index (χ4v) is 4.46. The number of fused-ring (bicyclic) bond motifs is 1. The molecule has 0 unspecified atom stereocenters. The van der Waals surface area contributed by atoms with Crippen LogP contribution in [0.2, 0.25) is 0 Å². The number of halogens is 3. The van der Waals surface area contributed by atoms with Crippen LogP contribution in [0.4, 0.5) is 19.0 Å². The van der Waals surface area contributed by atoms with Gasteiger partial charge in [0.1, 0.15) is 5.82 Å². The zero-order valence-electron chi connectivity index (χ0n) is 16.9. The van der Waals surface area contributed by atoms with Crippen molar-refractivity contribution in [2.75, 3.05) is 18.4 Å². The summed E-state index contributed by atoms with van der Waals surface area (Å²) >= 11 is 0. The van der Waals surface area contributed by atoms with E-state index in [1.54, 1.807) is 6.07 Å². The summed E-state index contributed by atoms with van der Waals surface area (Å²) in [4.78, 5) is 14.3. The van der Waals surface area contributed by atoms with Gasteiger partial charge in [0.05, 0.1) is 5.69 Å². The average molecular weight is 398 g/mol. The number of carbonyl (C=O) groups excluding carboxylic acids is 1. The molecule has 1 amide bonds. The molecule has 1 aromatic rings. The molecule has 1 saturated carbocycles. The van der Waals surface area contributed by atoms with Crippen LogP contribution in [0.5, 0.6) is 0 Å².